The molecule has 0 spiro atoms. The average Bonchev–Trinajstić information content (AvgIpc) is 2.80. The summed E-state index contributed by atoms with van der Waals surface area (Å²) in [6.45, 7) is 0. The second kappa shape index (κ2) is 6.63. The Labute approximate surface area is 163 Å². The van der Waals surface area contributed by atoms with Crippen molar-refractivity contribution in [2.75, 3.05) is 7.11 Å². The van der Waals surface area contributed by atoms with Gasteiger partial charge in [0.25, 0.3) is 0 Å². The number of hydrogen-bond donors (Lipinski definition) is 1. The fraction of sp³-hybridized carbons (Fsp3) is 0.0370. The fourth-order valence-corrected chi connectivity index (χ4v) is 4.57. The Morgan fingerprint density at radius 1 is 0.321 bits per heavy atom. The lowest BCUT2D eigenvalue weighted by molar-refractivity contribution is 0.399. The van der Waals surface area contributed by atoms with Gasteiger partial charge in [-0.15, -0.1) is 0 Å². The van der Waals surface area contributed by atoms with Crippen molar-refractivity contribution in [3.63, 3.8) is 0 Å². The molecule has 0 radical (unpaired) electrons. The molecule has 0 saturated carbocycles. The molecule has 0 bridgehead atoms. The molecular weight excluding hydrogens is 340 g/mol. The van der Waals surface area contributed by atoms with Gasteiger partial charge in [0, 0.05) is 7.11 Å². The minimum absolute atomic E-state index is 1.00. The summed E-state index contributed by atoms with van der Waals surface area (Å²) in [6, 6.07) is 35.3. The van der Waals surface area contributed by atoms with Crippen LogP contribution in [0.2, 0.25) is 0 Å². The van der Waals surface area contributed by atoms with Crippen LogP contribution in [0.25, 0.3) is 53.9 Å². The summed E-state index contributed by atoms with van der Waals surface area (Å²) in [7, 11) is 1.00. The zero-order chi connectivity index (χ0) is 19.1. The zero-order valence-corrected chi connectivity index (χ0v) is 15.7. The first kappa shape index (κ1) is 16.7. The normalized spacial score (nSPS) is 11.2. The first-order chi connectivity index (χ1) is 13.9. The van der Waals surface area contributed by atoms with E-state index in [1.165, 1.54) is 53.9 Å². The third-order valence-corrected chi connectivity index (χ3v) is 5.62. The molecule has 0 aromatic heterocycles. The van der Waals surface area contributed by atoms with Crippen molar-refractivity contribution in [2.45, 2.75) is 0 Å². The Hall–Kier alpha value is -3.42. The van der Waals surface area contributed by atoms with Crippen LogP contribution in [-0.4, -0.2) is 12.2 Å². The number of aliphatic hydroxyl groups excluding tert-OH is 1. The summed E-state index contributed by atoms with van der Waals surface area (Å²) in [5.74, 6) is 0. The first-order valence-electron chi connectivity index (χ1n) is 9.51. The molecule has 0 aliphatic heterocycles. The molecule has 6 rings (SSSR count). The van der Waals surface area contributed by atoms with Crippen LogP contribution in [0.5, 0.6) is 0 Å². The zero-order valence-electron chi connectivity index (χ0n) is 15.7. The smallest absolute Gasteiger partial charge is 0.0319 e. The van der Waals surface area contributed by atoms with Crippen LogP contribution in [0.15, 0.2) is 97.1 Å². The molecule has 28 heavy (non-hydrogen) atoms. The van der Waals surface area contributed by atoms with Gasteiger partial charge in [0.15, 0.2) is 0 Å². The van der Waals surface area contributed by atoms with Crippen LogP contribution in [0.4, 0.5) is 0 Å². The average molecular weight is 360 g/mol. The van der Waals surface area contributed by atoms with Crippen molar-refractivity contribution >= 4 is 53.9 Å². The van der Waals surface area contributed by atoms with Crippen LogP contribution < -0.4 is 0 Å². The van der Waals surface area contributed by atoms with Crippen molar-refractivity contribution < 1.29 is 5.11 Å². The Balaban J connectivity index is 0.000000829. The van der Waals surface area contributed by atoms with Crippen molar-refractivity contribution in [1.82, 2.24) is 0 Å². The second-order valence-corrected chi connectivity index (χ2v) is 6.93. The van der Waals surface area contributed by atoms with E-state index in [0.717, 1.165) is 7.11 Å². The monoisotopic (exact) mass is 360 g/mol. The van der Waals surface area contributed by atoms with Gasteiger partial charge in [0.2, 0.25) is 0 Å². The van der Waals surface area contributed by atoms with E-state index in [1.807, 2.05) is 0 Å². The van der Waals surface area contributed by atoms with E-state index < -0.39 is 0 Å². The molecule has 0 atom stereocenters. The van der Waals surface area contributed by atoms with Crippen LogP contribution >= 0.6 is 0 Å². The molecule has 0 amide bonds. The molecule has 0 aliphatic carbocycles. The number of rotatable bonds is 0. The second-order valence-electron chi connectivity index (χ2n) is 6.93. The van der Waals surface area contributed by atoms with E-state index in [0.29, 0.717) is 0 Å². The minimum atomic E-state index is 1.00. The summed E-state index contributed by atoms with van der Waals surface area (Å²) in [6.07, 6.45) is 0. The maximum Gasteiger partial charge on any atom is 0.0319 e. The van der Waals surface area contributed by atoms with E-state index >= 15 is 0 Å². The molecule has 0 saturated heterocycles. The Morgan fingerprint density at radius 3 is 0.714 bits per heavy atom. The highest BCUT2D eigenvalue weighted by molar-refractivity contribution is 6.39. The SMILES string of the molecule is CO.c1ccc2c(c1)c1ccccc1c1c3ccccc3c3ccccc3c21. The first-order valence-corrected chi connectivity index (χ1v) is 9.51. The molecule has 0 unspecified atom stereocenters. The van der Waals surface area contributed by atoms with Crippen molar-refractivity contribution in [3.05, 3.63) is 97.1 Å². The molecule has 6 aromatic rings. The maximum atomic E-state index is 7.00. The van der Waals surface area contributed by atoms with Crippen LogP contribution in [0, 0.1) is 0 Å². The van der Waals surface area contributed by atoms with Gasteiger partial charge in [-0.3, -0.25) is 0 Å². The van der Waals surface area contributed by atoms with Gasteiger partial charge >= 0.3 is 0 Å². The van der Waals surface area contributed by atoms with E-state index in [-0.39, 0.29) is 0 Å². The lowest BCUT2D eigenvalue weighted by Gasteiger charge is -2.16. The van der Waals surface area contributed by atoms with E-state index in [1.54, 1.807) is 0 Å². The lowest BCUT2D eigenvalue weighted by Crippen LogP contribution is -1.87. The predicted octanol–water partition coefficient (Wildman–Crippen LogP) is 7.06. The van der Waals surface area contributed by atoms with E-state index in [9.17, 15) is 0 Å². The molecule has 0 fully saturated rings. The molecule has 134 valence electrons. The molecule has 1 N–H and O–H groups in total. The van der Waals surface area contributed by atoms with Gasteiger partial charge in [0.05, 0.1) is 0 Å². The van der Waals surface area contributed by atoms with Gasteiger partial charge in [-0.05, 0) is 53.9 Å². The standard InChI is InChI=1S/C26H16.CH4O/c1-5-13-21-17(9-1)18-10-2-6-14-22(18)26-24-16-8-4-12-20(24)19-11-3-7-15-23(19)25(21)26;1-2/h1-16H;2H,1H3. The Morgan fingerprint density at radius 2 is 0.500 bits per heavy atom. The van der Waals surface area contributed by atoms with Crippen molar-refractivity contribution in [3.8, 4) is 0 Å². The number of fused-ring (bicyclic) bond motifs is 11. The third-order valence-electron chi connectivity index (χ3n) is 5.62. The van der Waals surface area contributed by atoms with E-state index in [2.05, 4.69) is 97.1 Å². The topological polar surface area (TPSA) is 20.2 Å². The van der Waals surface area contributed by atoms with Crippen LogP contribution in [0.1, 0.15) is 0 Å². The van der Waals surface area contributed by atoms with Crippen molar-refractivity contribution in [1.29, 1.82) is 0 Å². The fourth-order valence-electron chi connectivity index (χ4n) is 4.57. The molecular formula is C27H20O. The minimum Gasteiger partial charge on any atom is -0.400 e. The quantitative estimate of drug-likeness (QED) is 0.287. The maximum absolute atomic E-state index is 7.00. The van der Waals surface area contributed by atoms with Crippen molar-refractivity contribution in [2.24, 2.45) is 0 Å². The summed E-state index contributed by atoms with van der Waals surface area (Å²) >= 11 is 0. The Bertz CT molecular complexity index is 1250. The largest absolute Gasteiger partial charge is 0.400 e. The summed E-state index contributed by atoms with van der Waals surface area (Å²) in [4.78, 5) is 0. The highest BCUT2D eigenvalue weighted by atomic mass is 16.2. The molecule has 0 aliphatic rings. The molecule has 1 heteroatoms. The highest BCUT2D eigenvalue weighted by Gasteiger charge is 2.14. The molecule has 6 aromatic carbocycles. The summed E-state index contributed by atoms with van der Waals surface area (Å²) < 4.78 is 0. The third kappa shape index (κ3) is 2.24. The van der Waals surface area contributed by atoms with Gasteiger partial charge in [-0.1, -0.05) is 97.1 Å². The van der Waals surface area contributed by atoms with E-state index in [4.69, 9.17) is 5.11 Å². The van der Waals surface area contributed by atoms with Crippen LogP contribution in [-0.2, 0) is 0 Å². The predicted molar refractivity (Wildman–Crippen MR) is 122 cm³/mol. The van der Waals surface area contributed by atoms with Gasteiger partial charge in [-0.25, -0.2) is 0 Å². The summed E-state index contributed by atoms with van der Waals surface area (Å²) in [5.41, 5.74) is 0. The number of aliphatic hydroxyl groups is 1. The van der Waals surface area contributed by atoms with Gasteiger partial charge in [-0.2, -0.15) is 0 Å². The molecule has 1 nitrogen and oxygen atoms in total. The Kier molecular flexibility index (Phi) is 3.96. The summed E-state index contributed by atoms with van der Waals surface area (Å²) in [5, 5.41) is 20.4. The number of hydrogen-bond acceptors (Lipinski definition) is 1. The van der Waals surface area contributed by atoms with Gasteiger partial charge in [0.1, 0.15) is 0 Å². The van der Waals surface area contributed by atoms with Crippen LogP contribution in [0.3, 0.4) is 0 Å². The molecule has 0 heterocycles. The lowest BCUT2D eigenvalue weighted by atomic mass is 9.87. The van der Waals surface area contributed by atoms with Gasteiger partial charge < -0.3 is 5.11 Å². The highest BCUT2D eigenvalue weighted by Crippen LogP contribution is 2.43. The number of benzene rings is 6.